The van der Waals surface area contributed by atoms with Crippen molar-refractivity contribution in [1.29, 1.82) is 0 Å². The van der Waals surface area contributed by atoms with Gasteiger partial charge in [-0.1, -0.05) is 0 Å². The largest absolute Gasteiger partial charge is 0.485 e. The van der Waals surface area contributed by atoms with E-state index in [9.17, 15) is 0 Å². The predicted octanol–water partition coefficient (Wildman–Crippen LogP) is 2.32. The molecule has 7 heteroatoms. The lowest BCUT2D eigenvalue weighted by molar-refractivity contribution is 0.180. The number of rotatable bonds is 5. The average Bonchev–Trinajstić information content (AvgIpc) is 3.36. The van der Waals surface area contributed by atoms with Gasteiger partial charge in [-0.15, -0.1) is 0 Å². The van der Waals surface area contributed by atoms with Crippen molar-refractivity contribution in [2.75, 3.05) is 31.1 Å². The summed E-state index contributed by atoms with van der Waals surface area (Å²) in [7, 11) is 0. The highest BCUT2D eigenvalue weighted by Crippen LogP contribution is 2.31. The van der Waals surface area contributed by atoms with Gasteiger partial charge in [0.25, 0.3) is 0 Å². The van der Waals surface area contributed by atoms with Crippen molar-refractivity contribution in [1.82, 2.24) is 25.1 Å². The number of nitrogens with zero attached hydrogens (tertiary/aromatic N) is 5. The third kappa shape index (κ3) is 3.46. The van der Waals surface area contributed by atoms with Gasteiger partial charge in [0.1, 0.15) is 11.9 Å². The molecule has 0 spiro atoms. The number of anilines is 1. The van der Waals surface area contributed by atoms with Crippen molar-refractivity contribution in [3.05, 3.63) is 30.0 Å². The van der Waals surface area contributed by atoms with E-state index in [0.717, 1.165) is 55.8 Å². The van der Waals surface area contributed by atoms with Gasteiger partial charge in [-0.25, -0.2) is 9.97 Å². The molecule has 0 amide bonds. The van der Waals surface area contributed by atoms with Gasteiger partial charge in [-0.05, 0) is 45.2 Å². The summed E-state index contributed by atoms with van der Waals surface area (Å²) < 4.78 is 6.35. The Labute approximate surface area is 148 Å². The number of nitrogens with one attached hydrogen (secondary N) is 1. The Hall–Kier alpha value is -2.15. The highest BCUT2D eigenvalue weighted by Gasteiger charge is 2.30. The summed E-state index contributed by atoms with van der Waals surface area (Å²) in [6.07, 6.45) is 5.53. The summed E-state index contributed by atoms with van der Waals surface area (Å²) in [5.74, 6) is 3.63. The van der Waals surface area contributed by atoms with Crippen LogP contribution in [-0.4, -0.2) is 57.3 Å². The van der Waals surface area contributed by atoms with Gasteiger partial charge in [0.2, 0.25) is 0 Å². The Kier molecular flexibility index (Phi) is 4.57. The molecule has 2 aliphatic rings. The van der Waals surface area contributed by atoms with Crippen LogP contribution in [0.2, 0.25) is 0 Å². The molecule has 25 heavy (non-hydrogen) atoms. The molecule has 0 bridgehead atoms. The summed E-state index contributed by atoms with van der Waals surface area (Å²) in [4.78, 5) is 13.8. The lowest BCUT2D eigenvalue weighted by atomic mass is 10.3. The molecule has 2 unspecified atom stereocenters. The molecule has 4 heterocycles. The number of H-pyrrole nitrogens is 1. The molecule has 134 valence electrons. The molecule has 7 nitrogen and oxygen atoms in total. The van der Waals surface area contributed by atoms with Crippen molar-refractivity contribution in [2.24, 2.45) is 0 Å². The second-order valence-electron chi connectivity index (χ2n) is 7.00. The Morgan fingerprint density at radius 3 is 2.88 bits per heavy atom. The van der Waals surface area contributed by atoms with Gasteiger partial charge in [-0.2, -0.15) is 5.10 Å². The van der Waals surface area contributed by atoms with E-state index in [1.807, 2.05) is 25.3 Å². The van der Waals surface area contributed by atoms with Crippen LogP contribution in [0, 0.1) is 6.92 Å². The molecule has 1 N–H and O–H groups in total. The molecule has 0 radical (unpaired) electrons. The summed E-state index contributed by atoms with van der Waals surface area (Å²) in [5.41, 5.74) is 0. The molecular formula is C18H26N6O. The minimum atomic E-state index is 0.188. The third-order valence-electron chi connectivity index (χ3n) is 5.16. The summed E-state index contributed by atoms with van der Waals surface area (Å²) >= 11 is 0. The molecule has 2 aliphatic heterocycles. The second kappa shape index (κ2) is 7.00. The summed E-state index contributed by atoms with van der Waals surface area (Å²) in [6, 6.07) is 4.21. The first kappa shape index (κ1) is 16.3. The molecule has 2 atom stereocenters. The van der Waals surface area contributed by atoms with E-state index in [-0.39, 0.29) is 12.1 Å². The molecule has 0 aromatic carbocycles. The van der Waals surface area contributed by atoms with Crippen LogP contribution >= 0.6 is 0 Å². The van der Waals surface area contributed by atoms with Crippen molar-refractivity contribution in [3.63, 3.8) is 0 Å². The molecule has 2 fully saturated rings. The number of hydrogen-bond donors (Lipinski definition) is 1. The van der Waals surface area contributed by atoms with Crippen molar-refractivity contribution >= 4 is 5.82 Å². The first-order valence-corrected chi connectivity index (χ1v) is 9.20. The fraction of sp³-hybridized carbons (Fsp3) is 0.611. The Bertz CT molecular complexity index is 711. The van der Waals surface area contributed by atoms with Crippen molar-refractivity contribution < 1.29 is 4.74 Å². The maximum absolute atomic E-state index is 6.35. The van der Waals surface area contributed by atoms with Crippen LogP contribution in [0.5, 0.6) is 5.75 Å². The second-order valence-corrected chi connectivity index (χ2v) is 7.00. The zero-order valence-electron chi connectivity index (χ0n) is 15.0. The lowest BCUT2D eigenvalue weighted by Gasteiger charge is -2.23. The number of aromatic nitrogens is 4. The number of ether oxygens (including phenoxy) is 1. The van der Waals surface area contributed by atoms with E-state index in [4.69, 9.17) is 4.74 Å². The number of likely N-dealkylation sites (tertiary alicyclic amines) is 1. The van der Waals surface area contributed by atoms with E-state index in [1.165, 1.54) is 12.8 Å². The maximum Gasteiger partial charge on any atom is 0.171 e. The standard InChI is InChI=1S/C18H26N6O/c1-13(17-20-14(2)21-22-17)24-11-7-15(12-24)25-16-6-5-8-19-18(16)23-9-3-4-10-23/h5-6,8,13,15H,3-4,7,9-12H2,1-2H3,(H,20,21,22). The SMILES string of the molecule is Cc1nc(C(C)N2CCC(Oc3cccnc3N3CCCC3)C2)n[nH]1. The molecule has 0 saturated carbocycles. The van der Waals surface area contributed by atoms with Crippen LogP contribution in [0.15, 0.2) is 18.3 Å². The lowest BCUT2D eigenvalue weighted by Crippen LogP contribution is -2.29. The van der Waals surface area contributed by atoms with Crippen molar-refractivity contribution in [3.8, 4) is 5.75 Å². The molecule has 2 saturated heterocycles. The van der Waals surface area contributed by atoms with Crippen LogP contribution in [0.3, 0.4) is 0 Å². The molecule has 2 aromatic heterocycles. The summed E-state index contributed by atoms with van der Waals surface area (Å²) in [6.45, 7) is 8.13. The van der Waals surface area contributed by atoms with Gasteiger partial charge in [0.05, 0.1) is 6.04 Å². The predicted molar refractivity (Wildman–Crippen MR) is 95.8 cm³/mol. The smallest absolute Gasteiger partial charge is 0.171 e. The van der Waals surface area contributed by atoms with Gasteiger partial charge >= 0.3 is 0 Å². The molecule has 4 rings (SSSR count). The zero-order chi connectivity index (χ0) is 17.2. The van der Waals surface area contributed by atoms with Crippen LogP contribution in [-0.2, 0) is 0 Å². The Morgan fingerprint density at radius 2 is 2.12 bits per heavy atom. The van der Waals surface area contributed by atoms with Crippen LogP contribution < -0.4 is 9.64 Å². The zero-order valence-corrected chi connectivity index (χ0v) is 15.0. The van der Waals surface area contributed by atoms with Crippen molar-refractivity contribution in [2.45, 2.75) is 45.3 Å². The minimum absolute atomic E-state index is 0.188. The molecule has 2 aromatic rings. The van der Waals surface area contributed by atoms with Gasteiger partial charge < -0.3 is 9.64 Å². The average molecular weight is 342 g/mol. The van der Waals surface area contributed by atoms with Gasteiger partial charge in [0, 0.05) is 32.4 Å². The first-order chi connectivity index (χ1) is 12.2. The fourth-order valence-electron chi connectivity index (χ4n) is 3.73. The summed E-state index contributed by atoms with van der Waals surface area (Å²) in [5, 5.41) is 7.23. The molecule has 0 aliphatic carbocycles. The Morgan fingerprint density at radius 1 is 1.28 bits per heavy atom. The number of aryl methyl sites for hydroxylation is 1. The quantitative estimate of drug-likeness (QED) is 0.899. The van der Waals surface area contributed by atoms with Crippen LogP contribution in [0.1, 0.15) is 43.9 Å². The first-order valence-electron chi connectivity index (χ1n) is 9.20. The fourth-order valence-corrected chi connectivity index (χ4v) is 3.73. The van der Waals surface area contributed by atoms with Gasteiger partial charge in [-0.3, -0.25) is 10.00 Å². The van der Waals surface area contributed by atoms with Crippen LogP contribution in [0.25, 0.3) is 0 Å². The number of pyridine rings is 1. The Balaban J connectivity index is 1.41. The van der Waals surface area contributed by atoms with Gasteiger partial charge in [0.15, 0.2) is 17.4 Å². The third-order valence-corrected chi connectivity index (χ3v) is 5.16. The van der Waals surface area contributed by atoms with E-state index in [2.05, 4.69) is 36.9 Å². The topological polar surface area (TPSA) is 70.2 Å². The highest BCUT2D eigenvalue weighted by atomic mass is 16.5. The number of aromatic amines is 1. The van der Waals surface area contributed by atoms with E-state index in [0.29, 0.717) is 0 Å². The van der Waals surface area contributed by atoms with E-state index < -0.39 is 0 Å². The minimum Gasteiger partial charge on any atom is -0.485 e. The van der Waals surface area contributed by atoms with E-state index >= 15 is 0 Å². The highest BCUT2D eigenvalue weighted by molar-refractivity contribution is 5.52. The normalized spacial score (nSPS) is 22.5. The van der Waals surface area contributed by atoms with Crippen LogP contribution in [0.4, 0.5) is 5.82 Å². The van der Waals surface area contributed by atoms with E-state index in [1.54, 1.807) is 0 Å². The maximum atomic E-state index is 6.35. The number of hydrogen-bond acceptors (Lipinski definition) is 6. The monoisotopic (exact) mass is 342 g/mol. The molecular weight excluding hydrogens is 316 g/mol.